The van der Waals surface area contributed by atoms with Crippen molar-refractivity contribution in [3.63, 3.8) is 0 Å². The van der Waals surface area contributed by atoms with Gasteiger partial charge in [-0.15, -0.1) is 0 Å². The number of alkyl halides is 3. The first-order valence-corrected chi connectivity index (χ1v) is 12.5. The molecule has 4 aliphatic rings. The normalized spacial score (nSPS) is 31.4. The van der Waals surface area contributed by atoms with Crippen LogP contribution in [0.2, 0.25) is 0 Å². The molecule has 2 heterocycles. The maximum Gasteiger partial charge on any atom is 0.471 e. The molecule has 2 saturated heterocycles. The predicted molar refractivity (Wildman–Crippen MR) is 124 cm³/mol. The summed E-state index contributed by atoms with van der Waals surface area (Å²) in [5, 5.41) is 16.7. The summed E-state index contributed by atoms with van der Waals surface area (Å²) in [5.41, 5.74) is -1.14. The van der Waals surface area contributed by atoms with E-state index in [1.54, 1.807) is 17.5 Å². The van der Waals surface area contributed by atoms with Crippen LogP contribution in [0.25, 0.3) is 0 Å². The van der Waals surface area contributed by atoms with Crippen LogP contribution in [-0.2, 0) is 24.0 Å². The number of halogens is 3. The molecule has 0 radical (unpaired) electrons. The van der Waals surface area contributed by atoms with E-state index in [4.69, 9.17) is 0 Å². The number of hydrogen-bond donors (Lipinski definition) is 3. The number of nitrogens with zero attached hydrogens (tertiary/aromatic N) is 2. The molecule has 0 aromatic carbocycles. The monoisotopic (exact) mass is 537 g/mol. The van der Waals surface area contributed by atoms with Crippen LogP contribution >= 0.6 is 0 Å². The van der Waals surface area contributed by atoms with Gasteiger partial charge in [0.1, 0.15) is 23.9 Å². The maximum atomic E-state index is 13.7. The number of nitriles is 1. The summed E-state index contributed by atoms with van der Waals surface area (Å²) >= 11 is 0. The fraction of sp³-hybridized carbons (Fsp3) is 0.680. The van der Waals surface area contributed by atoms with Crippen molar-refractivity contribution in [3.05, 3.63) is 12.2 Å². The van der Waals surface area contributed by atoms with Crippen LogP contribution in [0.5, 0.6) is 0 Å². The van der Waals surface area contributed by atoms with Crippen LogP contribution in [0.1, 0.15) is 33.6 Å². The number of carbonyl (C=O) groups is 5. The SMILES string of the molecule is CC(C)(C)[C@H](NC(=O)C(F)(F)F)C(=O)N1C[C@H]2[C@@H]([C@H]1C(=O)N[C@H](C#N)C[C@@H]1CCNC1=O)[C@H]1C=C[C@@H]2C1=O. The Hall–Kier alpha value is -3.43. The molecular formula is C25H30F3N5O5. The van der Waals surface area contributed by atoms with Gasteiger partial charge in [-0.1, -0.05) is 32.9 Å². The molecule has 1 saturated carbocycles. The van der Waals surface area contributed by atoms with Gasteiger partial charge >= 0.3 is 12.1 Å². The van der Waals surface area contributed by atoms with E-state index in [1.807, 2.05) is 6.07 Å². The lowest BCUT2D eigenvalue weighted by Gasteiger charge is -2.37. The highest BCUT2D eigenvalue weighted by Gasteiger charge is 2.62. The van der Waals surface area contributed by atoms with Crippen molar-refractivity contribution in [2.75, 3.05) is 13.1 Å². The standard InChI is InChI=1S/C25H30F3N5O5/c1-24(2,3)19(32-23(38)25(26,27)28)22(37)33-10-15-13-4-5-14(18(13)34)16(15)17(33)21(36)31-12(9-29)8-11-6-7-30-20(11)35/h4-5,11-17,19H,6-8,10H2,1-3H3,(H,30,35)(H,31,36)(H,32,38)/t11-,12-,13-,14+,15+,16-,17-,19+/m0/s1. The molecule has 4 rings (SSSR count). The molecule has 0 unspecified atom stereocenters. The number of likely N-dealkylation sites (tertiary alicyclic amines) is 1. The van der Waals surface area contributed by atoms with Crippen LogP contribution in [0.15, 0.2) is 12.2 Å². The van der Waals surface area contributed by atoms with Crippen molar-refractivity contribution < 1.29 is 37.1 Å². The van der Waals surface area contributed by atoms with Crippen molar-refractivity contribution in [3.8, 4) is 6.07 Å². The molecule has 2 bridgehead atoms. The number of ketones is 1. The third kappa shape index (κ3) is 4.88. The van der Waals surface area contributed by atoms with Gasteiger partial charge in [0.05, 0.1) is 6.07 Å². The number of amides is 4. The fourth-order valence-electron chi connectivity index (χ4n) is 6.17. The summed E-state index contributed by atoms with van der Waals surface area (Å²) in [6.07, 6.45) is -1.26. The number of nitrogens with one attached hydrogen (secondary N) is 3. The van der Waals surface area contributed by atoms with Gasteiger partial charge in [-0.25, -0.2) is 0 Å². The Labute approximate surface area is 217 Å². The zero-order chi connectivity index (χ0) is 28.2. The molecule has 3 fully saturated rings. The van der Waals surface area contributed by atoms with Crippen LogP contribution in [-0.4, -0.2) is 71.7 Å². The average Bonchev–Trinajstić information content (AvgIpc) is 3.56. The first-order chi connectivity index (χ1) is 17.6. The lowest BCUT2D eigenvalue weighted by atomic mass is 9.81. The van der Waals surface area contributed by atoms with Crippen LogP contribution in [0.4, 0.5) is 13.2 Å². The largest absolute Gasteiger partial charge is 0.471 e. The summed E-state index contributed by atoms with van der Waals surface area (Å²) < 4.78 is 39.2. The van der Waals surface area contributed by atoms with Crippen molar-refractivity contribution in [2.24, 2.45) is 35.0 Å². The Bertz CT molecular complexity index is 1120. The number of rotatable bonds is 6. The van der Waals surface area contributed by atoms with Crippen molar-refractivity contribution in [1.82, 2.24) is 20.9 Å². The van der Waals surface area contributed by atoms with E-state index in [0.717, 1.165) is 4.90 Å². The van der Waals surface area contributed by atoms with E-state index < -0.39 is 77.0 Å². The van der Waals surface area contributed by atoms with E-state index in [1.165, 1.54) is 20.8 Å². The van der Waals surface area contributed by atoms with Gasteiger partial charge in [0.15, 0.2) is 0 Å². The van der Waals surface area contributed by atoms with E-state index in [0.29, 0.717) is 13.0 Å². The minimum absolute atomic E-state index is 0.0555. The second-order valence-electron chi connectivity index (χ2n) is 11.5. The Morgan fingerprint density at radius 3 is 2.37 bits per heavy atom. The van der Waals surface area contributed by atoms with Crippen molar-refractivity contribution in [1.29, 1.82) is 5.26 Å². The van der Waals surface area contributed by atoms with E-state index in [-0.39, 0.29) is 24.7 Å². The van der Waals surface area contributed by atoms with Gasteiger partial charge in [0, 0.05) is 36.8 Å². The molecule has 0 spiro atoms. The van der Waals surface area contributed by atoms with Gasteiger partial charge in [-0.05, 0) is 24.2 Å². The second kappa shape index (κ2) is 9.71. The Morgan fingerprint density at radius 1 is 1.16 bits per heavy atom. The topological polar surface area (TPSA) is 148 Å². The predicted octanol–water partition coefficient (Wildman–Crippen LogP) is 0.442. The zero-order valence-electron chi connectivity index (χ0n) is 21.2. The lowest BCUT2D eigenvalue weighted by molar-refractivity contribution is -0.176. The molecule has 4 amide bonds. The van der Waals surface area contributed by atoms with Crippen molar-refractivity contribution in [2.45, 2.75) is 57.9 Å². The minimum atomic E-state index is -5.22. The highest BCUT2D eigenvalue weighted by Crippen LogP contribution is 2.52. The average molecular weight is 538 g/mol. The quantitative estimate of drug-likeness (QED) is 0.419. The second-order valence-corrected chi connectivity index (χ2v) is 11.5. The molecule has 2 aliphatic carbocycles. The summed E-state index contributed by atoms with van der Waals surface area (Å²) in [6, 6.07) is -1.94. The minimum Gasteiger partial charge on any atom is -0.356 e. The molecule has 206 valence electrons. The fourth-order valence-corrected chi connectivity index (χ4v) is 6.17. The van der Waals surface area contributed by atoms with Gasteiger partial charge in [-0.2, -0.15) is 18.4 Å². The van der Waals surface area contributed by atoms with Gasteiger partial charge in [0.25, 0.3) is 0 Å². The summed E-state index contributed by atoms with van der Waals surface area (Å²) in [5.74, 6) is -6.85. The Morgan fingerprint density at radius 2 is 1.82 bits per heavy atom. The number of allylic oxidation sites excluding steroid dienone is 2. The summed E-state index contributed by atoms with van der Waals surface area (Å²) in [6.45, 7) is 4.87. The molecule has 38 heavy (non-hydrogen) atoms. The smallest absolute Gasteiger partial charge is 0.356 e. The number of carbonyl (C=O) groups excluding carboxylic acids is 5. The first-order valence-electron chi connectivity index (χ1n) is 12.5. The maximum absolute atomic E-state index is 13.7. The molecular weight excluding hydrogens is 507 g/mol. The molecule has 13 heteroatoms. The van der Waals surface area contributed by atoms with Crippen LogP contribution in [0, 0.1) is 46.3 Å². The van der Waals surface area contributed by atoms with E-state index in [9.17, 15) is 42.4 Å². The van der Waals surface area contributed by atoms with Gasteiger partial charge in [0.2, 0.25) is 17.7 Å². The molecule has 3 N–H and O–H groups in total. The number of Topliss-reactive ketones (excluding diaryl/α,β-unsaturated/α-hetero) is 1. The third-order valence-electron chi connectivity index (χ3n) is 8.01. The highest BCUT2D eigenvalue weighted by molar-refractivity contribution is 5.98. The van der Waals surface area contributed by atoms with Gasteiger partial charge < -0.3 is 20.9 Å². The van der Waals surface area contributed by atoms with Crippen LogP contribution < -0.4 is 16.0 Å². The summed E-state index contributed by atoms with van der Waals surface area (Å²) in [7, 11) is 0. The third-order valence-corrected chi connectivity index (χ3v) is 8.01. The van der Waals surface area contributed by atoms with Crippen molar-refractivity contribution >= 4 is 29.4 Å². The van der Waals surface area contributed by atoms with E-state index in [2.05, 4.69) is 10.6 Å². The first kappa shape index (κ1) is 27.6. The molecule has 2 aliphatic heterocycles. The lowest BCUT2D eigenvalue weighted by Crippen LogP contribution is -2.60. The molecule has 10 nitrogen and oxygen atoms in total. The van der Waals surface area contributed by atoms with E-state index >= 15 is 0 Å². The zero-order valence-corrected chi connectivity index (χ0v) is 21.2. The number of fused-ring (bicyclic) bond motifs is 5. The molecule has 0 aromatic heterocycles. The Kier molecular flexibility index (Phi) is 7.05. The molecule has 0 aromatic rings. The Balaban J connectivity index is 1.61. The summed E-state index contributed by atoms with van der Waals surface area (Å²) in [4.78, 5) is 65.0. The molecule has 8 atom stereocenters. The highest BCUT2D eigenvalue weighted by atomic mass is 19.4. The van der Waals surface area contributed by atoms with Crippen LogP contribution in [0.3, 0.4) is 0 Å². The van der Waals surface area contributed by atoms with Gasteiger partial charge in [-0.3, -0.25) is 24.0 Å². The number of hydrogen-bond acceptors (Lipinski definition) is 6.